The standard InChI is InChI=1S/C21H18ClF2N3O4/c1-10-5-12(11(2)25-14-3-4-16(22)26-18(14)20(29)30)19-13(6-10)15(28)7-17(31-19)27-8-21(23,24)9-27/h3-7,11,25H,8-9H2,1-2H3,(H,29,30)/t11-/m1/s1. The van der Waals surface area contributed by atoms with E-state index >= 15 is 0 Å². The minimum absolute atomic E-state index is 0.0404. The average Bonchev–Trinajstić information content (AvgIpc) is 2.67. The highest BCUT2D eigenvalue weighted by molar-refractivity contribution is 6.29. The number of halogens is 3. The van der Waals surface area contributed by atoms with Crippen LogP contribution in [0.3, 0.4) is 0 Å². The molecule has 3 heterocycles. The zero-order valence-electron chi connectivity index (χ0n) is 16.6. The highest BCUT2D eigenvalue weighted by atomic mass is 35.5. The summed E-state index contributed by atoms with van der Waals surface area (Å²) in [6.07, 6.45) is 0. The van der Waals surface area contributed by atoms with E-state index in [1.54, 1.807) is 19.1 Å². The van der Waals surface area contributed by atoms with Crippen LogP contribution in [0.5, 0.6) is 0 Å². The number of hydrogen-bond acceptors (Lipinski definition) is 6. The van der Waals surface area contributed by atoms with E-state index in [4.69, 9.17) is 16.0 Å². The lowest BCUT2D eigenvalue weighted by atomic mass is 10.0. The van der Waals surface area contributed by atoms with E-state index in [9.17, 15) is 23.5 Å². The normalized spacial score (nSPS) is 16.1. The quantitative estimate of drug-likeness (QED) is 0.554. The first-order valence-electron chi connectivity index (χ1n) is 9.41. The minimum Gasteiger partial charge on any atom is -0.476 e. The van der Waals surface area contributed by atoms with Gasteiger partial charge in [0.2, 0.25) is 0 Å². The third-order valence-corrected chi connectivity index (χ3v) is 5.26. The van der Waals surface area contributed by atoms with Crippen molar-refractivity contribution in [1.82, 2.24) is 4.98 Å². The van der Waals surface area contributed by atoms with Crippen molar-refractivity contribution >= 4 is 40.1 Å². The molecule has 0 radical (unpaired) electrons. The summed E-state index contributed by atoms with van der Waals surface area (Å²) < 4.78 is 32.5. The van der Waals surface area contributed by atoms with Gasteiger partial charge in [-0.05, 0) is 37.6 Å². The van der Waals surface area contributed by atoms with E-state index in [1.165, 1.54) is 23.1 Å². The fraction of sp³-hybridized carbons (Fsp3) is 0.286. The molecule has 0 bridgehead atoms. The predicted molar refractivity (Wildman–Crippen MR) is 113 cm³/mol. The maximum Gasteiger partial charge on any atom is 0.356 e. The first-order chi connectivity index (χ1) is 14.5. The Morgan fingerprint density at radius 1 is 1.32 bits per heavy atom. The molecule has 162 valence electrons. The van der Waals surface area contributed by atoms with Gasteiger partial charge in [0.25, 0.3) is 5.92 Å². The summed E-state index contributed by atoms with van der Waals surface area (Å²) in [5, 5.41) is 12.8. The number of fused-ring (bicyclic) bond motifs is 1. The van der Waals surface area contributed by atoms with Crippen molar-refractivity contribution in [3.05, 3.63) is 62.5 Å². The van der Waals surface area contributed by atoms with Gasteiger partial charge in [0.05, 0.1) is 30.2 Å². The highest BCUT2D eigenvalue weighted by Gasteiger charge is 2.45. The van der Waals surface area contributed by atoms with E-state index in [-0.39, 0.29) is 33.4 Å². The van der Waals surface area contributed by atoms with Crippen molar-refractivity contribution in [2.24, 2.45) is 0 Å². The van der Waals surface area contributed by atoms with Gasteiger partial charge in [-0.25, -0.2) is 18.6 Å². The van der Waals surface area contributed by atoms with Crippen molar-refractivity contribution in [3.8, 4) is 0 Å². The first-order valence-corrected chi connectivity index (χ1v) is 9.79. The summed E-state index contributed by atoms with van der Waals surface area (Å²) in [4.78, 5) is 29.3. The van der Waals surface area contributed by atoms with Crippen LogP contribution in [0.1, 0.15) is 34.6 Å². The van der Waals surface area contributed by atoms with Gasteiger partial charge in [-0.2, -0.15) is 0 Å². The molecule has 0 aliphatic carbocycles. The van der Waals surface area contributed by atoms with E-state index < -0.39 is 31.0 Å². The van der Waals surface area contributed by atoms with Crippen LogP contribution < -0.4 is 15.6 Å². The van der Waals surface area contributed by atoms with Crippen molar-refractivity contribution in [1.29, 1.82) is 0 Å². The van der Waals surface area contributed by atoms with Crippen molar-refractivity contribution in [2.45, 2.75) is 25.8 Å². The lowest BCUT2D eigenvalue weighted by Gasteiger charge is -2.38. The van der Waals surface area contributed by atoms with Crippen molar-refractivity contribution < 1.29 is 23.1 Å². The lowest BCUT2D eigenvalue weighted by Crippen LogP contribution is -2.56. The van der Waals surface area contributed by atoms with Crippen LogP contribution in [0.2, 0.25) is 5.15 Å². The summed E-state index contributed by atoms with van der Waals surface area (Å²) in [5.74, 6) is -3.99. The van der Waals surface area contributed by atoms with E-state index in [0.717, 1.165) is 5.56 Å². The monoisotopic (exact) mass is 449 g/mol. The Bertz CT molecular complexity index is 1250. The molecule has 1 saturated heterocycles. The van der Waals surface area contributed by atoms with Gasteiger partial charge in [-0.1, -0.05) is 17.7 Å². The number of hydrogen-bond donors (Lipinski definition) is 2. The fourth-order valence-corrected chi connectivity index (χ4v) is 3.74. The molecule has 2 aromatic heterocycles. The van der Waals surface area contributed by atoms with Crippen LogP contribution >= 0.6 is 11.6 Å². The number of nitrogens with zero attached hydrogens (tertiary/aromatic N) is 2. The Kier molecular flexibility index (Phi) is 5.09. The van der Waals surface area contributed by atoms with E-state index in [0.29, 0.717) is 10.9 Å². The van der Waals surface area contributed by atoms with Gasteiger partial charge in [0, 0.05) is 11.6 Å². The third-order valence-electron chi connectivity index (χ3n) is 5.05. The molecular weight excluding hydrogens is 432 g/mol. The van der Waals surface area contributed by atoms with Gasteiger partial charge in [-0.3, -0.25) is 4.79 Å². The molecule has 0 spiro atoms. The van der Waals surface area contributed by atoms with Crippen LogP contribution in [-0.4, -0.2) is 35.1 Å². The highest BCUT2D eigenvalue weighted by Crippen LogP contribution is 2.35. The molecule has 0 amide bonds. The van der Waals surface area contributed by atoms with Gasteiger partial charge in [0.1, 0.15) is 10.7 Å². The third kappa shape index (κ3) is 4.05. The number of nitrogens with one attached hydrogen (secondary N) is 1. The Morgan fingerprint density at radius 2 is 2.03 bits per heavy atom. The van der Waals surface area contributed by atoms with Gasteiger partial charge >= 0.3 is 5.97 Å². The number of carboxylic acids is 1. The number of carbonyl (C=O) groups is 1. The smallest absolute Gasteiger partial charge is 0.356 e. The molecule has 0 unspecified atom stereocenters. The zero-order chi connectivity index (χ0) is 22.5. The van der Waals surface area contributed by atoms with Crippen LogP contribution in [0.4, 0.5) is 20.4 Å². The maximum absolute atomic E-state index is 13.3. The van der Waals surface area contributed by atoms with Gasteiger partial charge < -0.3 is 19.7 Å². The molecule has 1 aliphatic rings. The van der Waals surface area contributed by atoms with Crippen LogP contribution in [0.15, 0.2) is 39.5 Å². The molecule has 10 heteroatoms. The van der Waals surface area contributed by atoms with Crippen LogP contribution in [0, 0.1) is 6.92 Å². The zero-order valence-corrected chi connectivity index (χ0v) is 17.3. The van der Waals surface area contributed by atoms with Crippen molar-refractivity contribution in [3.63, 3.8) is 0 Å². The summed E-state index contributed by atoms with van der Waals surface area (Å²) in [7, 11) is 0. The fourth-order valence-electron chi connectivity index (χ4n) is 3.59. The number of aryl methyl sites for hydroxylation is 1. The number of benzene rings is 1. The Labute approximate surface area is 180 Å². The Hall–Kier alpha value is -3.20. The Morgan fingerprint density at radius 3 is 2.68 bits per heavy atom. The maximum atomic E-state index is 13.3. The molecular formula is C21H18ClF2N3O4. The number of anilines is 2. The molecule has 0 saturated carbocycles. The van der Waals surface area contributed by atoms with E-state index in [1.807, 2.05) is 6.92 Å². The molecule has 1 fully saturated rings. The van der Waals surface area contributed by atoms with Crippen LogP contribution in [0.25, 0.3) is 11.0 Å². The second-order valence-corrected chi connectivity index (χ2v) is 7.98. The summed E-state index contributed by atoms with van der Waals surface area (Å²) in [6, 6.07) is 7.13. The minimum atomic E-state index is -2.81. The number of aromatic nitrogens is 1. The Balaban J connectivity index is 1.77. The molecule has 1 aromatic carbocycles. The molecule has 7 nitrogen and oxygen atoms in total. The number of rotatable bonds is 5. The molecule has 2 N–H and O–H groups in total. The summed E-state index contributed by atoms with van der Waals surface area (Å²) in [5.41, 5.74) is 1.26. The summed E-state index contributed by atoms with van der Waals surface area (Å²) in [6.45, 7) is 2.54. The topological polar surface area (TPSA) is 95.7 Å². The second kappa shape index (κ2) is 7.49. The molecule has 31 heavy (non-hydrogen) atoms. The number of pyridine rings is 1. The first kappa shape index (κ1) is 21.0. The second-order valence-electron chi connectivity index (χ2n) is 7.59. The van der Waals surface area contributed by atoms with Crippen molar-refractivity contribution in [2.75, 3.05) is 23.3 Å². The molecule has 3 aromatic rings. The molecule has 1 atom stereocenters. The SMILES string of the molecule is Cc1cc([C@@H](C)Nc2ccc(Cl)nc2C(=O)O)c2oc(N3CC(F)(F)C3)cc(=O)c2c1. The lowest BCUT2D eigenvalue weighted by molar-refractivity contribution is -0.0283. The summed E-state index contributed by atoms with van der Waals surface area (Å²) >= 11 is 5.81. The number of aromatic carboxylic acids is 1. The van der Waals surface area contributed by atoms with Crippen LogP contribution in [-0.2, 0) is 0 Å². The predicted octanol–water partition coefficient (Wildman–Crippen LogP) is 4.48. The van der Waals surface area contributed by atoms with E-state index in [2.05, 4.69) is 10.3 Å². The average molecular weight is 450 g/mol. The largest absolute Gasteiger partial charge is 0.476 e. The number of carboxylic acid groups (broad SMARTS) is 1. The van der Waals surface area contributed by atoms with Gasteiger partial charge in [-0.15, -0.1) is 0 Å². The van der Waals surface area contributed by atoms with Gasteiger partial charge in [0.15, 0.2) is 17.0 Å². The molecule has 4 rings (SSSR count). The number of alkyl halides is 2. The molecule has 1 aliphatic heterocycles.